The summed E-state index contributed by atoms with van der Waals surface area (Å²) < 4.78 is 7.29. The Morgan fingerprint density at radius 3 is 2.70 bits per heavy atom. The summed E-state index contributed by atoms with van der Waals surface area (Å²) in [6.45, 7) is 4.42. The second kappa shape index (κ2) is 6.42. The first-order valence-electron chi connectivity index (χ1n) is 7.59. The van der Waals surface area contributed by atoms with E-state index in [1.807, 2.05) is 38.1 Å². The van der Waals surface area contributed by atoms with Gasteiger partial charge in [-0.1, -0.05) is 30.7 Å². The monoisotopic (exact) mass is 328 g/mol. The van der Waals surface area contributed by atoms with Crippen molar-refractivity contribution in [3.8, 4) is 11.4 Å². The molecule has 2 aromatic carbocycles. The summed E-state index contributed by atoms with van der Waals surface area (Å²) in [5.74, 6) is 1.35. The number of hydrogen-bond donors (Lipinski definition) is 0. The Morgan fingerprint density at radius 2 is 1.96 bits per heavy atom. The van der Waals surface area contributed by atoms with Crippen LogP contribution in [0.25, 0.3) is 16.6 Å². The van der Waals surface area contributed by atoms with E-state index in [4.69, 9.17) is 16.3 Å². The average molecular weight is 329 g/mol. The maximum Gasteiger partial charge on any atom is 0.266 e. The summed E-state index contributed by atoms with van der Waals surface area (Å²) in [5, 5.41) is 1.11. The minimum Gasteiger partial charge on any atom is -0.492 e. The number of aryl methyl sites for hydroxylation is 1. The topological polar surface area (TPSA) is 44.1 Å². The standard InChI is InChI=1S/C18H17ClN2O2/c1-3-17-20-14-11-12(19)9-10-13(14)18(22)21(17)15-7-5-6-8-16(15)23-4-2/h5-11H,3-4H2,1-2H3. The molecule has 0 aliphatic carbocycles. The third-order valence-corrected chi connectivity index (χ3v) is 3.86. The Kier molecular flexibility index (Phi) is 4.35. The van der Waals surface area contributed by atoms with Crippen molar-refractivity contribution in [2.45, 2.75) is 20.3 Å². The van der Waals surface area contributed by atoms with Gasteiger partial charge in [-0.15, -0.1) is 0 Å². The van der Waals surface area contributed by atoms with E-state index in [1.165, 1.54) is 0 Å². The molecule has 0 amide bonds. The number of hydrogen-bond acceptors (Lipinski definition) is 3. The molecule has 0 saturated carbocycles. The maximum absolute atomic E-state index is 13.0. The zero-order valence-electron chi connectivity index (χ0n) is 13.0. The molecule has 0 N–H and O–H groups in total. The highest BCUT2D eigenvalue weighted by Gasteiger charge is 2.15. The lowest BCUT2D eigenvalue weighted by molar-refractivity contribution is 0.338. The van der Waals surface area contributed by atoms with Crippen LogP contribution in [0, 0.1) is 0 Å². The molecule has 118 valence electrons. The van der Waals surface area contributed by atoms with Gasteiger partial charge in [-0.05, 0) is 37.3 Å². The second-order valence-electron chi connectivity index (χ2n) is 5.08. The molecule has 0 saturated heterocycles. The highest BCUT2D eigenvalue weighted by atomic mass is 35.5. The molecular formula is C18H17ClN2O2. The van der Waals surface area contributed by atoms with Gasteiger partial charge in [0.15, 0.2) is 0 Å². The van der Waals surface area contributed by atoms with Crippen LogP contribution in [0.5, 0.6) is 5.75 Å². The van der Waals surface area contributed by atoms with E-state index in [1.54, 1.807) is 22.8 Å². The van der Waals surface area contributed by atoms with Gasteiger partial charge in [0.2, 0.25) is 0 Å². The first kappa shape index (κ1) is 15.6. The van der Waals surface area contributed by atoms with Crippen LogP contribution < -0.4 is 10.3 Å². The molecule has 1 aromatic heterocycles. The van der Waals surface area contributed by atoms with Crippen LogP contribution in [0.15, 0.2) is 47.3 Å². The third-order valence-electron chi connectivity index (χ3n) is 3.62. The summed E-state index contributed by atoms with van der Waals surface area (Å²) in [5.41, 5.74) is 1.21. The minimum absolute atomic E-state index is 0.115. The normalized spacial score (nSPS) is 10.9. The van der Waals surface area contributed by atoms with E-state index in [-0.39, 0.29) is 5.56 Å². The van der Waals surface area contributed by atoms with Crippen molar-refractivity contribution in [2.24, 2.45) is 0 Å². The van der Waals surface area contributed by atoms with E-state index in [0.717, 1.165) is 0 Å². The third kappa shape index (κ3) is 2.82. The molecule has 0 spiro atoms. The SMILES string of the molecule is CCOc1ccccc1-n1c(CC)nc2cc(Cl)ccc2c1=O. The first-order valence-corrected chi connectivity index (χ1v) is 7.97. The van der Waals surface area contributed by atoms with Crippen LogP contribution in [0.3, 0.4) is 0 Å². The lowest BCUT2D eigenvalue weighted by atomic mass is 10.2. The van der Waals surface area contributed by atoms with E-state index in [0.29, 0.717) is 46.2 Å². The first-order chi connectivity index (χ1) is 11.2. The van der Waals surface area contributed by atoms with Crippen LogP contribution >= 0.6 is 11.6 Å². The van der Waals surface area contributed by atoms with Gasteiger partial charge in [0.1, 0.15) is 11.6 Å². The van der Waals surface area contributed by atoms with Crippen LogP contribution in [-0.4, -0.2) is 16.2 Å². The predicted molar refractivity (Wildman–Crippen MR) is 92.9 cm³/mol. The number of ether oxygens (including phenoxy) is 1. The molecule has 0 unspecified atom stereocenters. The fraction of sp³-hybridized carbons (Fsp3) is 0.222. The Morgan fingerprint density at radius 1 is 1.17 bits per heavy atom. The van der Waals surface area contributed by atoms with Gasteiger partial charge in [0.05, 0.1) is 23.2 Å². The summed E-state index contributed by atoms with van der Waals surface area (Å²) in [7, 11) is 0. The van der Waals surface area contributed by atoms with Gasteiger partial charge in [-0.3, -0.25) is 9.36 Å². The Hall–Kier alpha value is -2.33. The smallest absolute Gasteiger partial charge is 0.266 e. The number of aromatic nitrogens is 2. The number of benzene rings is 2. The summed E-state index contributed by atoms with van der Waals surface area (Å²) in [6, 6.07) is 12.6. The van der Waals surface area contributed by atoms with Crippen LogP contribution in [-0.2, 0) is 6.42 Å². The van der Waals surface area contributed by atoms with Gasteiger partial charge < -0.3 is 4.74 Å². The molecule has 0 fully saturated rings. The molecule has 3 rings (SSSR count). The second-order valence-corrected chi connectivity index (χ2v) is 5.52. The Bertz CT molecular complexity index is 919. The zero-order chi connectivity index (χ0) is 16.4. The van der Waals surface area contributed by atoms with Crippen molar-refractivity contribution in [3.63, 3.8) is 0 Å². The molecule has 0 bridgehead atoms. The minimum atomic E-state index is -0.115. The van der Waals surface area contributed by atoms with E-state index in [2.05, 4.69) is 4.98 Å². The Labute approximate surface area is 139 Å². The molecule has 0 atom stereocenters. The number of nitrogens with zero attached hydrogens (tertiary/aromatic N) is 2. The molecule has 1 heterocycles. The molecule has 0 radical (unpaired) electrons. The predicted octanol–water partition coefficient (Wildman–Crippen LogP) is 4.00. The number of fused-ring (bicyclic) bond motifs is 1. The quantitative estimate of drug-likeness (QED) is 0.727. The molecule has 0 aliphatic rings. The summed E-state index contributed by atoms with van der Waals surface area (Å²) in [6.07, 6.45) is 0.623. The molecule has 0 aliphatic heterocycles. The summed E-state index contributed by atoms with van der Waals surface area (Å²) in [4.78, 5) is 17.6. The van der Waals surface area contributed by atoms with Crippen LogP contribution in [0.2, 0.25) is 5.02 Å². The van der Waals surface area contributed by atoms with Crippen molar-refractivity contribution in [2.75, 3.05) is 6.61 Å². The Balaban J connectivity index is 2.35. The molecule has 3 aromatic rings. The van der Waals surface area contributed by atoms with Crippen LogP contribution in [0.1, 0.15) is 19.7 Å². The summed E-state index contributed by atoms with van der Waals surface area (Å²) >= 11 is 6.02. The highest BCUT2D eigenvalue weighted by Crippen LogP contribution is 2.24. The van der Waals surface area contributed by atoms with Gasteiger partial charge >= 0.3 is 0 Å². The molecule has 23 heavy (non-hydrogen) atoms. The van der Waals surface area contributed by atoms with Crippen molar-refractivity contribution in [3.05, 3.63) is 63.7 Å². The van der Waals surface area contributed by atoms with E-state index < -0.39 is 0 Å². The van der Waals surface area contributed by atoms with E-state index in [9.17, 15) is 4.79 Å². The molecular weight excluding hydrogens is 312 g/mol. The number of rotatable bonds is 4. The van der Waals surface area contributed by atoms with Crippen LogP contribution in [0.4, 0.5) is 0 Å². The zero-order valence-corrected chi connectivity index (χ0v) is 13.8. The lowest BCUT2D eigenvalue weighted by Crippen LogP contribution is -2.24. The average Bonchev–Trinajstić information content (AvgIpc) is 2.55. The van der Waals surface area contributed by atoms with Crippen molar-refractivity contribution >= 4 is 22.5 Å². The van der Waals surface area contributed by atoms with Crippen molar-refractivity contribution < 1.29 is 4.74 Å². The van der Waals surface area contributed by atoms with E-state index >= 15 is 0 Å². The van der Waals surface area contributed by atoms with Crippen molar-refractivity contribution in [1.82, 2.24) is 9.55 Å². The molecule has 5 heteroatoms. The van der Waals surface area contributed by atoms with Gasteiger partial charge in [-0.2, -0.15) is 0 Å². The largest absolute Gasteiger partial charge is 0.492 e. The maximum atomic E-state index is 13.0. The van der Waals surface area contributed by atoms with Gasteiger partial charge in [-0.25, -0.2) is 4.98 Å². The van der Waals surface area contributed by atoms with Crippen molar-refractivity contribution in [1.29, 1.82) is 0 Å². The van der Waals surface area contributed by atoms with Gasteiger partial charge in [0, 0.05) is 11.4 Å². The van der Waals surface area contributed by atoms with Gasteiger partial charge in [0.25, 0.3) is 5.56 Å². The number of para-hydroxylation sites is 2. The fourth-order valence-electron chi connectivity index (χ4n) is 2.61. The molecule has 4 nitrogen and oxygen atoms in total. The number of halogens is 1. The lowest BCUT2D eigenvalue weighted by Gasteiger charge is -2.16. The fourth-order valence-corrected chi connectivity index (χ4v) is 2.78. The highest BCUT2D eigenvalue weighted by molar-refractivity contribution is 6.31.